The molecule has 0 radical (unpaired) electrons. The van der Waals surface area contributed by atoms with E-state index < -0.39 is 0 Å². The van der Waals surface area contributed by atoms with Crippen LogP contribution < -0.4 is 5.32 Å². The molecule has 3 aromatic heterocycles. The van der Waals surface area contributed by atoms with Gasteiger partial charge in [0.15, 0.2) is 11.5 Å². The number of ether oxygens (including phenoxy) is 1. The third-order valence-electron chi connectivity index (χ3n) is 5.54. The Kier molecular flexibility index (Phi) is 6.23. The second kappa shape index (κ2) is 9.21. The lowest BCUT2D eigenvalue weighted by Crippen LogP contribution is -2.39. The maximum atomic E-state index is 12.4. The highest BCUT2D eigenvalue weighted by Gasteiger charge is 2.25. The van der Waals surface area contributed by atoms with Gasteiger partial charge in [0.2, 0.25) is 5.91 Å². The average Bonchev–Trinajstić information content (AvgIpc) is 3.18. The molecule has 1 saturated heterocycles. The summed E-state index contributed by atoms with van der Waals surface area (Å²) in [7, 11) is 1.62. The first-order valence-electron chi connectivity index (χ1n) is 10.4. The minimum absolute atomic E-state index is 0.153. The van der Waals surface area contributed by atoms with E-state index in [0.717, 1.165) is 53.3 Å². The average molecular weight is 409 g/mol. The predicted molar refractivity (Wildman–Crippen MR) is 115 cm³/mol. The van der Waals surface area contributed by atoms with Gasteiger partial charge in [0.25, 0.3) is 0 Å². The fourth-order valence-electron chi connectivity index (χ4n) is 3.95. The van der Waals surface area contributed by atoms with Crippen molar-refractivity contribution in [1.29, 1.82) is 0 Å². The topological polar surface area (TPSA) is 96.0 Å². The number of H-pyrrole nitrogens is 1. The highest BCUT2D eigenvalue weighted by atomic mass is 16.5. The zero-order valence-electron chi connectivity index (χ0n) is 17.5. The Labute approximate surface area is 176 Å². The summed E-state index contributed by atoms with van der Waals surface area (Å²) in [5, 5.41) is 11.7. The normalized spacial score (nSPS) is 16.7. The van der Waals surface area contributed by atoms with E-state index in [2.05, 4.69) is 32.6 Å². The summed E-state index contributed by atoms with van der Waals surface area (Å²) < 4.78 is 5.04. The first kappa shape index (κ1) is 20.3. The number of nitrogens with zero attached hydrogens (tertiary/aromatic N) is 4. The lowest BCUT2D eigenvalue weighted by Gasteiger charge is -2.32. The minimum Gasteiger partial charge on any atom is -0.384 e. The molecule has 4 rings (SSSR count). The van der Waals surface area contributed by atoms with Crippen LogP contribution in [0.15, 0.2) is 30.3 Å². The summed E-state index contributed by atoms with van der Waals surface area (Å²) in [5.74, 6) is 1.17. The van der Waals surface area contributed by atoms with Gasteiger partial charge >= 0.3 is 0 Å². The number of hydrogen-bond donors (Lipinski definition) is 2. The Morgan fingerprint density at radius 2 is 2.20 bits per heavy atom. The smallest absolute Gasteiger partial charge is 0.224 e. The molecule has 1 aliphatic rings. The number of pyridine rings is 2. The molecule has 0 aromatic carbocycles. The van der Waals surface area contributed by atoms with Crippen LogP contribution in [-0.2, 0) is 16.1 Å². The molecule has 2 N–H and O–H groups in total. The molecule has 3 aromatic rings. The van der Waals surface area contributed by atoms with Crippen molar-refractivity contribution in [3.05, 3.63) is 47.4 Å². The molecule has 0 aliphatic carbocycles. The van der Waals surface area contributed by atoms with Crippen molar-refractivity contribution < 1.29 is 9.53 Å². The van der Waals surface area contributed by atoms with Crippen molar-refractivity contribution in [2.45, 2.75) is 38.6 Å². The number of methoxy groups -OCH3 is 1. The number of amides is 1. The Hall–Kier alpha value is -3.00. The van der Waals surface area contributed by atoms with Gasteiger partial charge in [0.05, 0.1) is 30.7 Å². The molecule has 1 fully saturated rings. The van der Waals surface area contributed by atoms with Crippen LogP contribution >= 0.6 is 0 Å². The van der Waals surface area contributed by atoms with Gasteiger partial charge in [-0.2, -0.15) is 5.10 Å². The van der Waals surface area contributed by atoms with Gasteiger partial charge in [-0.1, -0.05) is 6.07 Å². The molecule has 8 nitrogen and oxygen atoms in total. The number of aryl methyl sites for hydroxylation is 1. The van der Waals surface area contributed by atoms with Gasteiger partial charge in [-0.25, -0.2) is 4.98 Å². The number of rotatable bonds is 7. The van der Waals surface area contributed by atoms with Gasteiger partial charge < -0.3 is 15.0 Å². The SMILES string of the molecule is COCCC(=O)N1CCC[C@H](c2ccc3c(NCc4cccc(C)n4)n[nH]c3n2)C1. The molecule has 0 spiro atoms. The van der Waals surface area contributed by atoms with Crippen LogP contribution in [0.4, 0.5) is 5.82 Å². The Morgan fingerprint density at radius 3 is 3.03 bits per heavy atom. The van der Waals surface area contributed by atoms with E-state index in [4.69, 9.17) is 9.72 Å². The lowest BCUT2D eigenvalue weighted by molar-refractivity contribution is -0.133. The van der Waals surface area contributed by atoms with Gasteiger partial charge in [-0.3, -0.25) is 14.9 Å². The molecular weight excluding hydrogens is 380 g/mol. The quantitative estimate of drug-likeness (QED) is 0.624. The number of carbonyl (C=O) groups is 1. The fraction of sp³-hybridized carbons (Fsp3) is 0.455. The number of carbonyl (C=O) groups excluding carboxylic acids is 1. The molecule has 158 valence electrons. The highest BCUT2D eigenvalue weighted by molar-refractivity contribution is 5.87. The van der Waals surface area contributed by atoms with Crippen molar-refractivity contribution in [3.63, 3.8) is 0 Å². The number of aromatic nitrogens is 4. The number of piperidine rings is 1. The molecule has 1 amide bonds. The summed E-state index contributed by atoms with van der Waals surface area (Å²) in [6, 6.07) is 10.1. The number of nitrogens with one attached hydrogen (secondary N) is 2. The van der Waals surface area contributed by atoms with Crippen molar-refractivity contribution >= 4 is 22.8 Å². The van der Waals surface area contributed by atoms with Crippen molar-refractivity contribution in [1.82, 2.24) is 25.1 Å². The van der Waals surface area contributed by atoms with Gasteiger partial charge in [-0.15, -0.1) is 0 Å². The van der Waals surface area contributed by atoms with E-state index in [9.17, 15) is 4.79 Å². The van der Waals surface area contributed by atoms with E-state index in [1.54, 1.807) is 7.11 Å². The molecule has 30 heavy (non-hydrogen) atoms. The number of likely N-dealkylation sites (tertiary alicyclic amines) is 1. The number of hydrogen-bond acceptors (Lipinski definition) is 6. The Morgan fingerprint density at radius 1 is 1.30 bits per heavy atom. The van der Waals surface area contributed by atoms with Crippen LogP contribution in [0.5, 0.6) is 0 Å². The zero-order chi connectivity index (χ0) is 20.9. The summed E-state index contributed by atoms with van der Waals surface area (Å²) >= 11 is 0. The van der Waals surface area contributed by atoms with Gasteiger partial charge in [0.1, 0.15) is 0 Å². The number of fused-ring (bicyclic) bond motifs is 1. The summed E-state index contributed by atoms with van der Waals surface area (Å²) in [6.07, 6.45) is 2.45. The summed E-state index contributed by atoms with van der Waals surface area (Å²) in [5.41, 5.74) is 3.73. The van der Waals surface area contributed by atoms with E-state index >= 15 is 0 Å². The minimum atomic E-state index is 0.153. The van der Waals surface area contributed by atoms with Crippen molar-refractivity contribution in [2.24, 2.45) is 0 Å². The van der Waals surface area contributed by atoms with Crippen LogP contribution in [0.25, 0.3) is 11.0 Å². The van der Waals surface area contributed by atoms with Gasteiger partial charge in [-0.05, 0) is 44.0 Å². The second-order valence-corrected chi connectivity index (χ2v) is 7.75. The highest BCUT2D eigenvalue weighted by Crippen LogP contribution is 2.28. The van der Waals surface area contributed by atoms with Crippen molar-refractivity contribution in [2.75, 3.05) is 32.1 Å². The summed E-state index contributed by atoms with van der Waals surface area (Å²) in [6.45, 7) is 4.57. The van der Waals surface area contributed by atoms with Crippen LogP contribution in [-0.4, -0.2) is 57.8 Å². The van der Waals surface area contributed by atoms with Crippen LogP contribution in [0, 0.1) is 6.92 Å². The molecule has 8 heteroatoms. The van der Waals surface area contributed by atoms with Crippen LogP contribution in [0.3, 0.4) is 0 Å². The predicted octanol–water partition coefficient (Wildman–Crippen LogP) is 3.02. The Balaban J connectivity index is 1.44. The zero-order valence-corrected chi connectivity index (χ0v) is 17.5. The standard InChI is InChI=1S/C22H28N6O2/c1-15-5-3-7-17(24-15)13-23-21-18-8-9-19(25-22(18)27-26-21)16-6-4-11-28(14-16)20(29)10-12-30-2/h3,5,7-9,16H,4,6,10-14H2,1-2H3,(H2,23,25,26,27)/t16-/m0/s1. The van der Waals surface area contributed by atoms with E-state index in [1.165, 1.54) is 0 Å². The third kappa shape index (κ3) is 4.59. The first-order chi connectivity index (χ1) is 14.6. The van der Waals surface area contributed by atoms with E-state index in [0.29, 0.717) is 26.1 Å². The van der Waals surface area contributed by atoms with E-state index in [-0.39, 0.29) is 11.8 Å². The van der Waals surface area contributed by atoms with Gasteiger partial charge in [0, 0.05) is 37.5 Å². The van der Waals surface area contributed by atoms with E-state index in [1.807, 2.05) is 30.0 Å². The maximum Gasteiger partial charge on any atom is 0.224 e. The molecule has 0 bridgehead atoms. The molecule has 0 unspecified atom stereocenters. The van der Waals surface area contributed by atoms with Crippen LogP contribution in [0.1, 0.15) is 42.3 Å². The third-order valence-corrected chi connectivity index (χ3v) is 5.54. The molecule has 1 atom stereocenters. The first-order valence-corrected chi connectivity index (χ1v) is 10.4. The number of anilines is 1. The summed E-state index contributed by atoms with van der Waals surface area (Å²) in [4.78, 5) is 23.6. The monoisotopic (exact) mass is 408 g/mol. The molecular formula is C22H28N6O2. The lowest BCUT2D eigenvalue weighted by atomic mass is 9.94. The fourth-order valence-corrected chi connectivity index (χ4v) is 3.95. The molecule has 4 heterocycles. The van der Waals surface area contributed by atoms with Crippen LogP contribution in [0.2, 0.25) is 0 Å². The number of aromatic amines is 1. The largest absolute Gasteiger partial charge is 0.384 e. The molecule has 0 saturated carbocycles. The maximum absolute atomic E-state index is 12.4. The second-order valence-electron chi connectivity index (χ2n) is 7.75. The Bertz CT molecular complexity index is 1020. The molecule has 1 aliphatic heterocycles. The van der Waals surface area contributed by atoms with Crippen molar-refractivity contribution in [3.8, 4) is 0 Å².